The third-order valence-corrected chi connectivity index (χ3v) is 6.22. The minimum Gasteiger partial charge on any atom is -0.352 e. The largest absolute Gasteiger partial charge is 0.352 e. The SMILES string of the molecule is CC(Sc1cc(Cl)ccc1Cl)C(=O)NC1CC2CCC(C1)N2. The van der Waals surface area contributed by atoms with Crippen molar-refractivity contribution in [2.24, 2.45) is 0 Å². The lowest BCUT2D eigenvalue weighted by Gasteiger charge is -2.30. The molecule has 3 unspecified atom stereocenters. The van der Waals surface area contributed by atoms with E-state index in [1.807, 2.05) is 13.0 Å². The molecule has 120 valence electrons. The van der Waals surface area contributed by atoms with E-state index in [0.29, 0.717) is 28.2 Å². The number of hydrogen-bond acceptors (Lipinski definition) is 3. The molecule has 0 radical (unpaired) electrons. The van der Waals surface area contributed by atoms with Crippen LogP contribution in [0.4, 0.5) is 0 Å². The average molecular weight is 359 g/mol. The van der Waals surface area contributed by atoms with Crippen LogP contribution in [0.2, 0.25) is 10.0 Å². The number of halogens is 2. The van der Waals surface area contributed by atoms with Crippen molar-refractivity contribution in [1.29, 1.82) is 0 Å². The Kier molecular flexibility index (Phi) is 5.23. The standard InChI is InChI=1S/C16H20Cl2N2OS/c1-9(22-15-6-10(17)2-5-14(15)18)16(21)20-13-7-11-3-4-12(8-13)19-11/h2,5-6,9,11-13,19H,3-4,7-8H2,1H3,(H,20,21). The second-order valence-corrected chi connectivity index (χ2v) is 8.38. The average Bonchev–Trinajstić information content (AvgIpc) is 2.81. The maximum absolute atomic E-state index is 12.4. The van der Waals surface area contributed by atoms with Gasteiger partial charge in [0.25, 0.3) is 0 Å². The Hall–Kier alpha value is -0.420. The van der Waals surface area contributed by atoms with Crippen molar-refractivity contribution in [2.75, 3.05) is 0 Å². The Morgan fingerprint density at radius 3 is 2.68 bits per heavy atom. The number of fused-ring (bicyclic) bond motifs is 2. The second-order valence-electron chi connectivity index (χ2n) is 6.15. The number of amides is 1. The summed E-state index contributed by atoms with van der Waals surface area (Å²) in [6, 6.07) is 6.78. The van der Waals surface area contributed by atoms with Gasteiger partial charge in [-0.25, -0.2) is 0 Å². The minimum atomic E-state index is -0.191. The number of thioether (sulfide) groups is 1. The lowest BCUT2D eigenvalue weighted by Crippen LogP contribution is -2.49. The number of carbonyl (C=O) groups is 1. The van der Waals surface area contributed by atoms with Crippen LogP contribution < -0.4 is 10.6 Å². The van der Waals surface area contributed by atoms with Crippen molar-refractivity contribution in [3.63, 3.8) is 0 Å². The van der Waals surface area contributed by atoms with E-state index < -0.39 is 0 Å². The Bertz CT molecular complexity index is 557. The summed E-state index contributed by atoms with van der Waals surface area (Å²) in [5, 5.41) is 7.86. The second kappa shape index (κ2) is 7.00. The van der Waals surface area contributed by atoms with E-state index in [-0.39, 0.29) is 11.2 Å². The lowest BCUT2D eigenvalue weighted by atomic mass is 10.00. The molecule has 2 aliphatic rings. The summed E-state index contributed by atoms with van der Waals surface area (Å²) in [5.74, 6) is 0.0762. The molecule has 3 nitrogen and oxygen atoms in total. The van der Waals surface area contributed by atoms with Crippen molar-refractivity contribution in [2.45, 2.75) is 60.9 Å². The van der Waals surface area contributed by atoms with Gasteiger partial charge in [-0.15, -0.1) is 11.8 Å². The van der Waals surface area contributed by atoms with Gasteiger partial charge in [0, 0.05) is 28.0 Å². The Balaban J connectivity index is 1.56. The molecule has 6 heteroatoms. The van der Waals surface area contributed by atoms with Gasteiger partial charge in [0.1, 0.15) is 0 Å². The lowest BCUT2D eigenvalue weighted by molar-refractivity contribution is -0.121. The smallest absolute Gasteiger partial charge is 0.233 e. The first-order valence-corrected chi connectivity index (χ1v) is 9.33. The highest BCUT2D eigenvalue weighted by atomic mass is 35.5. The summed E-state index contributed by atoms with van der Waals surface area (Å²) in [4.78, 5) is 13.3. The quantitative estimate of drug-likeness (QED) is 0.802. The number of nitrogens with one attached hydrogen (secondary N) is 2. The molecule has 2 saturated heterocycles. The molecular formula is C16H20Cl2N2OS. The van der Waals surface area contributed by atoms with Gasteiger partial charge in [-0.05, 0) is 50.8 Å². The number of hydrogen-bond donors (Lipinski definition) is 2. The normalized spacial score (nSPS) is 28.4. The molecule has 2 bridgehead atoms. The van der Waals surface area contributed by atoms with Crippen molar-refractivity contribution < 1.29 is 4.79 Å². The summed E-state index contributed by atoms with van der Waals surface area (Å²) in [6.45, 7) is 1.91. The van der Waals surface area contributed by atoms with Crippen LogP contribution in [0.25, 0.3) is 0 Å². The third-order valence-electron chi connectivity index (χ3n) is 4.39. The monoisotopic (exact) mass is 358 g/mol. The van der Waals surface area contributed by atoms with Crippen LogP contribution in [-0.2, 0) is 4.79 Å². The number of rotatable bonds is 4. The summed E-state index contributed by atoms with van der Waals surface area (Å²) in [6.07, 6.45) is 4.55. The van der Waals surface area contributed by atoms with E-state index in [1.165, 1.54) is 24.6 Å². The van der Waals surface area contributed by atoms with Crippen molar-refractivity contribution in [3.8, 4) is 0 Å². The number of benzene rings is 1. The predicted molar refractivity (Wildman–Crippen MR) is 92.9 cm³/mol. The van der Waals surface area contributed by atoms with Crippen LogP contribution in [0.1, 0.15) is 32.6 Å². The maximum atomic E-state index is 12.4. The van der Waals surface area contributed by atoms with Gasteiger partial charge in [0.15, 0.2) is 0 Å². The number of piperidine rings is 1. The highest BCUT2D eigenvalue weighted by Gasteiger charge is 2.34. The van der Waals surface area contributed by atoms with Gasteiger partial charge >= 0.3 is 0 Å². The van der Waals surface area contributed by atoms with Gasteiger partial charge in [0.2, 0.25) is 5.91 Å². The summed E-state index contributed by atoms with van der Waals surface area (Å²) >= 11 is 13.6. The van der Waals surface area contributed by atoms with Gasteiger partial charge in [-0.1, -0.05) is 23.2 Å². The molecule has 0 spiro atoms. The van der Waals surface area contributed by atoms with Crippen LogP contribution in [0, 0.1) is 0 Å². The third kappa shape index (κ3) is 3.91. The summed E-state index contributed by atoms with van der Waals surface area (Å²) in [7, 11) is 0. The Morgan fingerprint density at radius 2 is 2.00 bits per heavy atom. The topological polar surface area (TPSA) is 41.1 Å². The molecule has 0 aromatic heterocycles. The zero-order valence-electron chi connectivity index (χ0n) is 12.4. The van der Waals surface area contributed by atoms with E-state index in [9.17, 15) is 4.79 Å². The van der Waals surface area contributed by atoms with E-state index >= 15 is 0 Å². The fourth-order valence-corrected chi connectivity index (χ4v) is 4.72. The molecule has 3 rings (SSSR count). The zero-order chi connectivity index (χ0) is 15.7. The molecule has 2 heterocycles. The first-order chi connectivity index (χ1) is 10.5. The summed E-state index contributed by atoms with van der Waals surface area (Å²) < 4.78 is 0. The van der Waals surface area contributed by atoms with Gasteiger partial charge in [0.05, 0.1) is 10.3 Å². The molecule has 2 aliphatic heterocycles. The highest BCUT2D eigenvalue weighted by molar-refractivity contribution is 8.00. The van der Waals surface area contributed by atoms with Crippen molar-refractivity contribution in [1.82, 2.24) is 10.6 Å². The molecule has 1 aromatic carbocycles. The van der Waals surface area contributed by atoms with Crippen LogP contribution >= 0.6 is 35.0 Å². The van der Waals surface area contributed by atoms with E-state index in [4.69, 9.17) is 23.2 Å². The molecule has 22 heavy (non-hydrogen) atoms. The maximum Gasteiger partial charge on any atom is 0.233 e. The van der Waals surface area contributed by atoms with E-state index in [1.54, 1.807) is 12.1 Å². The fraction of sp³-hybridized carbons (Fsp3) is 0.562. The molecular weight excluding hydrogens is 339 g/mol. The molecule has 0 aliphatic carbocycles. The number of carbonyl (C=O) groups excluding carboxylic acids is 1. The molecule has 3 atom stereocenters. The van der Waals surface area contributed by atoms with Crippen LogP contribution in [0.5, 0.6) is 0 Å². The first-order valence-electron chi connectivity index (χ1n) is 7.69. The van der Waals surface area contributed by atoms with Crippen molar-refractivity contribution in [3.05, 3.63) is 28.2 Å². The zero-order valence-corrected chi connectivity index (χ0v) is 14.8. The highest BCUT2D eigenvalue weighted by Crippen LogP contribution is 2.33. The van der Waals surface area contributed by atoms with Crippen LogP contribution in [0.3, 0.4) is 0 Å². The van der Waals surface area contributed by atoms with Gasteiger partial charge in [-0.3, -0.25) is 4.79 Å². The molecule has 1 aromatic rings. The molecule has 1 amide bonds. The molecule has 2 N–H and O–H groups in total. The molecule has 0 saturated carbocycles. The van der Waals surface area contributed by atoms with Crippen molar-refractivity contribution >= 4 is 40.9 Å². The van der Waals surface area contributed by atoms with Crippen LogP contribution in [0.15, 0.2) is 23.1 Å². The van der Waals surface area contributed by atoms with Gasteiger partial charge < -0.3 is 10.6 Å². The van der Waals surface area contributed by atoms with E-state index in [2.05, 4.69) is 10.6 Å². The Morgan fingerprint density at radius 1 is 1.32 bits per heavy atom. The molecule has 2 fully saturated rings. The van der Waals surface area contributed by atoms with Crippen LogP contribution in [-0.4, -0.2) is 29.3 Å². The fourth-order valence-electron chi connectivity index (χ4n) is 3.31. The predicted octanol–water partition coefficient (Wildman–Crippen LogP) is 3.87. The Labute approximate surface area is 145 Å². The first kappa shape index (κ1) is 16.4. The van der Waals surface area contributed by atoms with E-state index in [0.717, 1.165) is 17.7 Å². The van der Waals surface area contributed by atoms with Gasteiger partial charge in [-0.2, -0.15) is 0 Å². The summed E-state index contributed by atoms with van der Waals surface area (Å²) in [5.41, 5.74) is 0. The minimum absolute atomic E-state index is 0.0762.